The summed E-state index contributed by atoms with van der Waals surface area (Å²) in [5, 5.41) is 17.2. The lowest BCUT2D eigenvalue weighted by Crippen LogP contribution is -2.18. The van der Waals surface area contributed by atoms with Crippen LogP contribution in [0.2, 0.25) is 0 Å². The second kappa shape index (κ2) is 5.21. The van der Waals surface area contributed by atoms with Crippen molar-refractivity contribution >= 4 is 0 Å². The highest BCUT2D eigenvalue weighted by molar-refractivity contribution is 4.75. The van der Waals surface area contributed by atoms with Crippen LogP contribution >= 0.6 is 0 Å². The highest BCUT2D eigenvalue weighted by atomic mass is 16.3. The maximum absolute atomic E-state index is 9.05. The fourth-order valence-electron chi connectivity index (χ4n) is 0.615. The van der Waals surface area contributed by atoms with Crippen molar-refractivity contribution in [3.8, 4) is 6.07 Å². The minimum absolute atomic E-state index is 0.244. The minimum atomic E-state index is -0.451. The molecule has 1 N–H and O–H groups in total. The van der Waals surface area contributed by atoms with Crippen LogP contribution < -0.4 is 0 Å². The molecule has 1 atom stereocenters. The molecule has 0 radical (unpaired) electrons. The summed E-state index contributed by atoms with van der Waals surface area (Å²) < 4.78 is 0. The van der Waals surface area contributed by atoms with Crippen LogP contribution in [0.15, 0.2) is 0 Å². The van der Waals surface area contributed by atoms with E-state index in [0.717, 1.165) is 6.54 Å². The van der Waals surface area contributed by atoms with Gasteiger partial charge in [-0.05, 0) is 20.5 Å². The van der Waals surface area contributed by atoms with Crippen molar-refractivity contribution in [2.24, 2.45) is 0 Å². The van der Waals surface area contributed by atoms with Crippen molar-refractivity contribution in [1.29, 1.82) is 5.26 Å². The number of nitrogens with zero attached hydrogens (tertiary/aromatic N) is 2. The van der Waals surface area contributed by atoms with E-state index < -0.39 is 6.10 Å². The highest BCUT2D eigenvalue weighted by Gasteiger charge is 2.02. The lowest BCUT2D eigenvalue weighted by atomic mass is 10.2. The first-order valence-electron chi connectivity index (χ1n) is 3.36. The summed E-state index contributed by atoms with van der Waals surface area (Å²) in [5.41, 5.74) is 0. The van der Waals surface area contributed by atoms with Crippen molar-refractivity contribution in [2.45, 2.75) is 18.9 Å². The molecular weight excluding hydrogens is 128 g/mol. The Hall–Kier alpha value is -0.590. The van der Waals surface area contributed by atoms with Crippen LogP contribution in [0.25, 0.3) is 0 Å². The summed E-state index contributed by atoms with van der Waals surface area (Å²) in [6, 6.07) is 1.92. The van der Waals surface area contributed by atoms with Gasteiger partial charge in [0.1, 0.15) is 0 Å². The second-order valence-electron chi connectivity index (χ2n) is 2.61. The molecule has 0 aromatic rings. The number of hydrogen-bond acceptors (Lipinski definition) is 3. The predicted molar refractivity (Wildman–Crippen MR) is 39.4 cm³/mol. The first-order valence-corrected chi connectivity index (χ1v) is 3.36. The Bertz CT molecular complexity index is 117. The van der Waals surface area contributed by atoms with Crippen molar-refractivity contribution in [2.75, 3.05) is 20.6 Å². The van der Waals surface area contributed by atoms with Gasteiger partial charge in [0.15, 0.2) is 0 Å². The molecule has 0 amide bonds. The molecule has 3 heteroatoms. The molecule has 0 aliphatic carbocycles. The van der Waals surface area contributed by atoms with Gasteiger partial charge >= 0.3 is 0 Å². The minimum Gasteiger partial charge on any atom is -0.392 e. The normalized spacial score (nSPS) is 13.1. The zero-order valence-electron chi connectivity index (χ0n) is 6.54. The molecule has 0 aromatic carbocycles. The Morgan fingerprint density at radius 3 is 2.60 bits per heavy atom. The van der Waals surface area contributed by atoms with E-state index in [1.807, 2.05) is 25.1 Å². The Morgan fingerprint density at radius 2 is 2.20 bits per heavy atom. The molecule has 58 valence electrons. The van der Waals surface area contributed by atoms with Crippen molar-refractivity contribution in [1.82, 2.24) is 4.90 Å². The molecule has 0 saturated carbocycles. The molecule has 0 aliphatic rings. The van der Waals surface area contributed by atoms with E-state index in [-0.39, 0.29) is 6.42 Å². The van der Waals surface area contributed by atoms with Gasteiger partial charge in [0, 0.05) is 6.54 Å². The first kappa shape index (κ1) is 9.41. The van der Waals surface area contributed by atoms with Gasteiger partial charge in [-0.2, -0.15) is 5.26 Å². The summed E-state index contributed by atoms with van der Waals surface area (Å²) in [7, 11) is 3.89. The van der Waals surface area contributed by atoms with Crippen LogP contribution in [0.1, 0.15) is 12.8 Å². The summed E-state index contributed by atoms with van der Waals surface area (Å²) in [6.07, 6.45) is 0.474. The van der Waals surface area contributed by atoms with Gasteiger partial charge in [0.05, 0.1) is 18.6 Å². The van der Waals surface area contributed by atoms with Gasteiger partial charge in [0.2, 0.25) is 0 Å². The van der Waals surface area contributed by atoms with Gasteiger partial charge in [0.25, 0.3) is 0 Å². The number of hydrogen-bond donors (Lipinski definition) is 1. The van der Waals surface area contributed by atoms with E-state index in [2.05, 4.69) is 0 Å². The third-order valence-corrected chi connectivity index (χ3v) is 1.24. The van der Waals surface area contributed by atoms with Gasteiger partial charge in [-0.3, -0.25) is 0 Å². The van der Waals surface area contributed by atoms with Crippen LogP contribution in [-0.4, -0.2) is 36.8 Å². The predicted octanol–water partition coefficient (Wildman–Crippen LogP) is 0.213. The highest BCUT2D eigenvalue weighted by Crippen LogP contribution is 1.96. The third kappa shape index (κ3) is 5.54. The van der Waals surface area contributed by atoms with Crippen molar-refractivity contribution < 1.29 is 5.11 Å². The molecule has 0 bridgehead atoms. The summed E-state index contributed by atoms with van der Waals surface area (Å²) >= 11 is 0. The van der Waals surface area contributed by atoms with Crippen LogP contribution in [0.5, 0.6) is 0 Å². The lowest BCUT2D eigenvalue weighted by molar-refractivity contribution is 0.156. The van der Waals surface area contributed by atoms with Gasteiger partial charge in [-0.15, -0.1) is 0 Å². The molecule has 0 aromatic heterocycles. The van der Waals surface area contributed by atoms with Crippen molar-refractivity contribution in [3.63, 3.8) is 0 Å². The Kier molecular flexibility index (Phi) is 4.91. The van der Waals surface area contributed by atoms with E-state index in [0.29, 0.717) is 6.42 Å². The quantitative estimate of drug-likeness (QED) is 0.610. The van der Waals surface area contributed by atoms with Crippen LogP contribution in [-0.2, 0) is 0 Å². The van der Waals surface area contributed by atoms with Gasteiger partial charge in [-0.25, -0.2) is 0 Å². The van der Waals surface area contributed by atoms with Crippen molar-refractivity contribution in [3.05, 3.63) is 0 Å². The first-order chi connectivity index (χ1) is 4.66. The van der Waals surface area contributed by atoms with Gasteiger partial charge < -0.3 is 10.0 Å². The standard InChI is InChI=1S/C7H14N2O/c1-9(2)6-4-7(10)3-5-8/h7,10H,3-4,6H2,1-2H3/t7-/m0/s1. The number of aliphatic hydroxyl groups is 1. The van der Waals surface area contributed by atoms with Crippen LogP contribution in [0.4, 0.5) is 0 Å². The molecule has 0 rings (SSSR count). The summed E-state index contributed by atoms with van der Waals surface area (Å²) in [6.45, 7) is 0.836. The molecule has 0 saturated heterocycles. The fourth-order valence-corrected chi connectivity index (χ4v) is 0.615. The molecule has 10 heavy (non-hydrogen) atoms. The molecule has 3 nitrogen and oxygen atoms in total. The smallest absolute Gasteiger partial charge is 0.0682 e. The Balaban J connectivity index is 3.23. The molecule has 0 unspecified atom stereocenters. The lowest BCUT2D eigenvalue weighted by Gasteiger charge is -2.11. The average molecular weight is 142 g/mol. The molecule has 0 heterocycles. The molecule has 0 aliphatic heterocycles. The Labute approximate surface area is 61.9 Å². The fraction of sp³-hybridized carbons (Fsp3) is 0.857. The largest absolute Gasteiger partial charge is 0.392 e. The van der Waals surface area contributed by atoms with Crippen LogP contribution in [0, 0.1) is 11.3 Å². The molecule has 0 fully saturated rings. The third-order valence-electron chi connectivity index (χ3n) is 1.24. The van der Waals surface area contributed by atoms with E-state index >= 15 is 0 Å². The average Bonchev–Trinajstić information content (AvgIpc) is 1.85. The number of nitriles is 1. The van der Waals surface area contributed by atoms with E-state index in [1.165, 1.54) is 0 Å². The summed E-state index contributed by atoms with van der Waals surface area (Å²) in [4.78, 5) is 1.99. The zero-order valence-corrected chi connectivity index (χ0v) is 6.54. The number of aliphatic hydroxyl groups excluding tert-OH is 1. The van der Waals surface area contributed by atoms with E-state index in [9.17, 15) is 0 Å². The molecule has 0 spiro atoms. The zero-order chi connectivity index (χ0) is 7.98. The topological polar surface area (TPSA) is 47.3 Å². The van der Waals surface area contributed by atoms with E-state index in [1.54, 1.807) is 0 Å². The maximum Gasteiger partial charge on any atom is 0.0682 e. The van der Waals surface area contributed by atoms with E-state index in [4.69, 9.17) is 10.4 Å². The second-order valence-corrected chi connectivity index (χ2v) is 2.61. The number of rotatable bonds is 4. The summed E-state index contributed by atoms with van der Waals surface area (Å²) in [5.74, 6) is 0. The maximum atomic E-state index is 9.05. The van der Waals surface area contributed by atoms with Crippen LogP contribution in [0.3, 0.4) is 0 Å². The molecular formula is C7H14N2O. The SMILES string of the molecule is CN(C)CC[C@@H](O)CC#N. The Morgan fingerprint density at radius 1 is 1.60 bits per heavy atom. The van der Waals surface area contributed by atoms with Gasteiger partial charge in [-0.1, -0.05) is 0 Å². The monoisotopic (exact) mass is 142 g/mol.